The van der Waals surface area contributed by atoms with Gasteiger partial charge in [-0.15, -0.1) is 0 Å². The van der Waals surface area contributed by atoms with Crippen LogP contribution in [0.25, 0.3) is 0 Å². The van der Waals surface area contributed by atoms with Gasteiger partial charge in [-0.25, -0.2) is 0 Å². The van der Waals surface area contributed by atoms with Crippen molar-refractivity contribution in [2.75, 3.05) is 0 Å². The first-order valence-electron chi connectivity index (χ1n) is 7.98. The molecule has 2 N–H and O–H groups in total. The summed E-state index contributed by atoms with van der Waals surface area (Å²) >= 11 is 0. The van der Waals surface area contributed by atoms with E-state index in [0.717, 1.165) is 24.1 Å². The fourth-order valence-electron chi connectivity index (χ4n) is 5.03. The van der Waals surface area contributed by atoms with Crippen LogP contribution in [0.2, 0.25) is 0 Å². The van der Waals surface area contributed by atoms with Crippen molar-refractivity contribution in [3.63, 3.8) is 0 Å². The van der Waals surface area contributed by atoms with Gasteiger partial charge in [0.05, 0.1) is 0 Å². The highest BCUT2D eigenvalue weighted by molar-refractivity contribution is 6.01. The van der Waals surface area contributed by atoms with Crippen molar-refractivity contribution >= 4 is 5.78 Å². The van der Waals surface area contributed by atoms with E-state index in [0.29, 0.717) is 17.7 Å². The van der Waals surface area contributed by atoms with Gasteiger partial charge in [0.15, 0.2) is 5.78 Å². The molecular formula is C16H24N2O. The van der Waals surface area contributed by atoms with Crippen molar-refractivity contribution in [3.05, 3.63) is 11.9 Å². The molecule has 4 rings (SSSR count). The minimum atomic E-state index is -0.264. The summed E-state index contributed by atoms with van der Waals surface area (Å²) in [5.74, 6) is 3.58. The highest BCUT2D eigenvalue weighted by Gasteiger charge is 2.50. The van der Waals surface area contributed by atoms with Gasteiger partial charge >= 0.3 is 0 Å². The monoisotopic (exact) mass is 260 g/mol. The molecule has 3 fully saturated rings. The Balaban J connectivity index is 1.46. The van der Waals surface area contributed by atoms with Gasteiger partial charge in [0, 0.05) is 12.1 Å². The SMILES string of the molecule is CC1CCCC12NC(N[C@H]1C[C@@H]3CC[C@H]1C3)=CC2=O. The molecule has 4 aliphatic rings. The second kappa shape index (κ2) is 4.00. The lowest BCUT2D eigenvalue weighted by Gasteiger charge is -2.31. The van der Waals surface area contributed by atoms with Gasteiger partial charge in [-0.05, 0) is 49.9 Å². The maximum atomic E-state index is 12.4. The average molecular weight is 260 g/mol. The quantitative estimate of drug-likeness (QED) is 0.800. The zero-order valence-corrected chi connectivity index (χ0v) is 11.7. The molecular weight excluding hydrogens is 236 g/mol. The molecule has 3 nitrogen and oxygen atoms in total. The third-order valence-electron chi connectivity index (χ3n) is 6.20. The van der Waals surface area contributed by atoms with E-state index in [-0.39, 0.29) is 5.54 Å². The predicted octanol–water partition coefficient (Wildman–Crippen LogP) is 2.34. The summed E-state index contributed by atoms with van der Waals surface area (Å²) in [5, 5.41) is 7.19. The van der Waals surface area contributed by atoms with Gasteiger partial charge in [0.25, 0.3) is 0 Å². The van der Waals surface area contributed by atoms with Crippen molar-refractivity contribution in [2.24, 2.45) is 17.8 Å². The van der Waals surface area contributed by atoms with Crippen LogP contribution >= 0.6 is 0 Å². The average Bonchev–Trinajstić information content (AvgIpc) is 3.10. The Morgan fingerprint density at radius 1 is 1.32 bits per heavy atom. The molecule has 1 spiro atoms. The number of ketones is 1. The topological polar surface area (TPSA) is 41.1 Å². The number of fused-ring (bicyclic) bond motifs is 2. The summed E-state index contributed by atoms with van der Waals surface area (Å²) in [6.45, 7) is 2.21. The molecule has 0 aromatic carbocycles. The zero-order chi connectivity index (χ0) is 13.0. The number of hydrogen-bond acceptors (Lipinski definition) is 3. The van der Waals surface area contributed by atoms with Crippen molar-refractivity contribution in [1.82, 2.24) is 10.6 Å². The standard InChI is InChI=1S/C16H24N2O/c1-10-3-2-6-16(10)14(19)9-15(18-16)17-13-8-11-4-5-12(13)7-11/h9-13,17-18H,2-8H2,1H3/t10?,11-,12+,13+,16?/m1/s1. The summed E-state index contributed by atoms with van der Waals surface area (Å²) in [6, 6.07) is 0.608. The van der Waals surface area contributed by atoms with Crippen LogP contribution in [0, 0.1) is 17.8 Å². The second-order valence-corrected chi connectivity index (χ2v) is 7.24. The first-order valence-corrected chi connectivity index (χ1v) is 7.98. The van der Waals surface area contributed by atoms with E-state index in [1.54, 1.807) is 0 Å². The van der Waals surface area contributed by atoms with E-state index < -0.39 is 0 Å². The van der Waals surface area contributed by atoms with Crippen molar-refractivity contribution in [1.29, 1.82) is 0 Å². The highest BCUT2D eigenvalue weighted by atomic mass is 16.1. The Hall–Kier alpha value is -0.990. The third kappa shape index (κ3) is 1.66. The van der Waals surface area contributed by atoms with E-state index in [4.69, 9.17) is 0 Å². The van der Waals surface area contributed by atoms with Gasteiger partial charge in [0.2, 0.25) is 0 Å². The summed E-state index contributed by atoms with van der Waals surface area (Å²) in [5.41, 5.74) is -0.264. The summed E-state index contributed by atoms with van der Waals surface area (Å²) in [6.07, 6.45) is 10.7. The Kier molecular flexibility index (Phi) is 2.49. The van der Waals surface area contributed by atoms with Crippen LogP contribution in [0.3, 0.4) is 0 Å². The molecule has 0 radical (unpaired) electrons. The summed E-state index contributed by atoms with van der Waals surface area (Å²) in [7, 11) is 0. The largest absolute Gasteiger partial charge is 0.369 e. The molecule has 19 heavy (non-hydrogen) atoms. The maximum Gasteiger partial charge on any atom is 0.184 e. The lowest BCUT2D eigenvalue weighted by Crippen LogP contribution is -2.51. The van der Waals surface area contributed by atoms with Crippen molar-refractivity contribution < 1.29 is 4.79 Å². The molecule has 1 aliphatic heterocycles. The number of carbonyl (C=O) groups excluding carboxylic acids is 1. The Morgan fingerprint density at radius 2 is 2.21 bits per heavy atom. The lowest BCUT2D eigenvalue weighted by atomic mass is 9.86. The van der Waals surface area contributed by atoms with E-state index >= 15 is 0 Å². The first-order chi connectivity index (χ1) is 9.17. The fraction of sp³-hybridized carbons (Fsp3) is 0.812. The van der Waals surface area contributed by atoms with Crippen LogP contribution in [-0.4, -0.2) is 17.4 Å². The minimum Gasteiger partial charge on any atom is -0.369 e. The normalized spacial score (nSPS) is 47.8. The van der Waals surface area contributed by atoms with E-state index in [2.05, 4.69) is 17.6 Å². The number of rotatable bonds is 2. The molecule has 3 saturated carbocycles. The predicted molar refractivity (Wildman–Crippen MR) is 74.3 cm³/mol. The Labute approximate surface area is 115 Å². The molecule has 3 heteroatoms. The molecule has 0 aromatic rings. The second-order valence-electron chi connectivity index (χ2n) is 7.24. The number of carbonyl (C=O) groups is 1. The van der Waals surface area contributed by atoms with Gasteiger partial charge in [-0.1, -0.05) is 19.8 Å². The van der Waals surface area contributed by atoms with E-state index in [9.17, 15) is 4.79 Å². The van der Waals surface area contributed by atoms with Crippen LogP contribution < -0.4 is 10.6 Å². The van der Waals surface area contributed by atoms with Gasteiger partial charge < -0.3 is 10.6 Å². The maximum absolute atomic E-state index is 12.4. The smallest absolute Gasteiger partial charge is 0.184 e. The van der Waals surface area contributed by atoms with Crippen molar-refractivity contribution in [3.8, 4) is 0 Å². The van der Waals surface area contributed by atoms with Gasteiger partial charge in [0.1, 0.15) is 11.4 Å². The molecule has 2 unspecified atom stereocenters. The van der Waals surface area contributed by atoms with Crippen LogP contribution in [0.1, 0.15) is 51.9 Å². The van der Waals surface area contributed by atoms with Gasteiger partial charge in [-0.3, -0.25) is 4.79 Å². The molecule has 104 valence electrons. The summed E-state index contributed by atoms with van der Waals surface area (Å²) in [4.78, 5) is 12.4. The third-order valence-corrected chi connectivity index (χ3v) is 6.20. The fourth-order valence-corrected chi connectivity index (χ4v) is 5.03. The molecule has 2 bridgehead atoms. The number of hydrogen-bond donors (Lipinski definition) is 2. The zero-order valence-electron chi connectivity index (χ0n) is 11.7. The first kappa shape index (κ1) is 11.8. The Morgan fingerprint density at radius 3 is 2.84 bits per heavy atom. The number of nitrogens with one attached hydrogen (secondary N) is 2. The highest BCUT2D eigenvalue weighted by Crippen LogP contribution is 2.45. The van der Waals surface area contributed by atoms with E-state index in [1.165, 1.54) is 38.5 Å². The molecule has 3 aliphatic carbocycles. The molecule has 1 heterocycles. The van der Waals surface area contributed by atoms with Crippen molar-refractivity contribution in [2.45, 2.75) is 63.5 Å². The summed E-state index contributed by atoms with van der Waals surface area (Å²) < 4.78 is 0. The minimum absolute atomic E-state index is 0.264. The Bertz CT molecular complexity index is 444. The van der Waals surface area contributed by atoms with Crippen LogP contribution in [0.15, 0.2) is 11.9 Å². The molecule has 0 amide bonds. The van der Waals surface area contributed by atoms with Gasteiger partial charge in [-0.2, -0.15) is 0 Å². The lowest BCUT2D eigenvalue weighted by molar-refractivity contribution is -0.120. The van der Waals surface area contributed by atoms with Crippen LogP contribution in [0.4, 0.5) is 0 Å². The van der Waals surface area contributed by atoms with E-state index in [1.807, 2.05) is 6.08 Å². The van der Waals surface area contributed by atoms with Crippen LogP contribution in [0.5, 0.6) is 0 Å². The van der Waals surface area contributed by atoms with Crippen LogP contribution in [-0.2, 0) is 4.79 Å². The molecule has 0 saturated heterocycles. The molecule has 0 aromatic heterocycles. The molecule has 5 atom stereocenters.